The zero-order valence-corrected chi connectivity index (χ0v) is 14.7. The summed E-state index contributed by atoms with van der Waals surface area (Å²) < 4.78 is 6.15. The number of ether oxygens (including phenoxy) is 1. The van der Waals surface area contributed by atoms with Gasteiger partial charge in [-0.05, 0) is 31.8 Å². The summed E-state index contributed by atoms with van der Waals surface area (Å²) in [6.07, 6.45) is 1.94. The molecule has 0 spiro atoms. The van der Waals surface area contributed by atoms with Crippen LogP contribution in [0, 0.1) is 0 Å². The molecule has 1 saturated heterocycles. The van der Waals surface area contributed by atoms with Crippen molar-refractivity contribution >= 4 is 16.8 Å². The number of hydrogen-bond donors (Lipinski definition) is 1. The largest absolute Gasteiger partial charge is 0.490 e. The molecule has 0 saturated carbocycles. The van der Waals surface area contributed by atoms with Crippen LogP contribution >= 0.6 is 0 Å². The van der Waals surface area contributed by atoms with Gasteiger partial charge in [-0.1, -0.05) is 6.92 Å². The highest BCUT2D eigenvalue weighted by molar-refractivity contribution is 5.82. The van der Waals surface area contributed by atoms with Crippen molar-refractivity contribution in [1.82, 2.24) is 20.0 Å². The second-order valence-corrected chi connectivity index (χ2v) is 6.53. The van der Waals surface area contributed by atoms with Crippen LogP contribution in [0.5, 0.6) is 5.75 Å². The summed E-state index contributed by atoms with van der Waals surface area (Å²) >= 11 is 0. The van der Waals surface area contributed by atoms with Gasteiger partial charge in [-0.25, -0.2) is 0 Å². The Balaban J connectivity index is 1.69. The third kappa shape index (κ3) is 3.70. The quantitative estimate of drug-likeness (QED) is 0.914. The lowest BCUT2D eigenvalue weighted by molar-refractivity contribution is -0.130. The van der Waals surface area contributed by atoms with E-state index in [1.807, 2.05) is 17.0 Å². The van der Waals surface area contributed by atoms with Crippen molar-refractivity contribution in [3.8, 4) is 5.75 Å². The van der Waals surface area contributed by atoms with Crippen LogP contribution in [0.3, 0.4) is 0 Å². The first-order valence-electron chi connectivity index (χ1n) is 8.64. The van der Waals surface area contributed by atoms with E-state index in [9.17, 15) is 4.79 Å². The summed E-state index contributed by atoms with van der Waals surface area (Å²) in [6.45, 7) is 7.16. The molecule has 1 aromatic heterocycles. The van der Waals surface area contributed by atoms with Gasteiger partial charge in [0.25, 0.3) is 0 Å². The van der Waals surface area contributed by atoms with Gasteiger partial charge < -0.3 is 14.5 Å². The third-order valence-corrected chi connectivity index (χ3v) is 4.76. The summed E-state index contributed by atoms with van der Waals surface area (Å²) in [6, 6.07) is 6.06. The van der Waals surface area contributed by atoms with Crippen molar-refractivity contribution in [1.29, 1.82) is 0 Å². The number of likely N-dealkylation sites (tertiary alicyclic amines) is 1. The molecule has 0 radical (unpaired) electrons. The van der Waals surface area contributed by atoms with E-state index in [-0.39, 0.29) is 12.0 Å². The fourth-order valence-electron chi connectivity index (χ4n) is 3.10. The smallest absolute Gasteiger partial charge is 0.219 e. The van der Waals surface area contributed by atoms with Crippen LogP contribution in [0.2, 0.25) is 0 Å². The molecule has 2 heterocycles. The first-order valence-corrected chi connectivity index (χ1v) is 8.64. The number of nitrogens with zero attached hydrogens (tertiary/aromatic N) is 3. The van der Waals surface area contributed by atoms with Crippen LogP contribution in [-0.2, 0) is 11.3 Å². The van der Waals surface area contributed by atoms with Crippen LogP contribution in [0.4, 0.5) is 0 Å². The lowest BCUT2D eigenvalue weighted by Crippen LogP contribution is -2.40. The van der Waals surface area contributed by atoms with Gasteiger partial charge in [-0.2, -0.15) is 5.10 Å². The summed E-state index contributed by atoms with van der Waals surface area (Å²) in [5.74, 6) is 1.03. The van der Waals surface area contributed by atoms with E-state index in [1.54, 1.807) is 6.92 Å². The van der Waals surface area contributed by atoms with Crippen molar-refractivity contribution < 1.29 is 9.53 Å². The molecule has 6 nitrogen and oxygen atoms in total. The van der Waals surface area contributed by atoms with E-state index in [2.05, 4.69) is 35.1 Å². The van der Waals surface area contributed by atoms with Gasteiger partial charge in [-0.3, -0.25) is 9.89 Å². The fraction of sp³-hybridized carbons (Fsp3) is 0.556. The van der Waals surface area contributed by atoms with Gasteiger partial charge in [0.15, 0.2) is 0 Å². The molecule has 24 heavy (non-hydrogen) atoms. The molecule has 130 valence electrons. The molecule has 1 fully saturated rings. The number of carbonyl (C=O) groups excluding carboxylic acids is 1. The Kier molecular flexibility index (Phi) is 5.04. The molecule has 1 aliphatic heterocycles. The molecule has 2 aromatic rings. The number of benzene rings is 1. The summed E-state index contributed by atoms with van der Waals surface area (Å²) in [4.78, 5) is 15.5. The van der Waals surface area contributed by atoms with Crippen LogP contribution < -0.4 is 4.74 Å². The molecule has 1 aromatic carbocycles. The van der Waals surface area contributed by atoms with E-state index in [4.69, 9.17) is 4.74 Å². The highest BCUT2D eigenvalue weighted by Gasteiger charge is 2.22. The molecule has 1 N–H and O–H groups in total. The maximum absolute atomic E-state index is 11.4. The SMILES string of the molecule is CCN(C)Cc1[nH]nc2ccc(OC3CCN(C(C)=O)CC3)cc12. The zero-order valence-electron chi connectivity index (χ0n) is 14.7. The number of amides is 1. The second-order valence-electron chi connectivity index (χ2n) is 6.53. The number of piperidine rings is 1. The minimum absolute atomic E-state index is 0.151. The fourth-order valence-corrected chi connectivity index (χ4v) is 3.10. The highest BCUT2D eigenvalue weighted by Crippen LogP contribution is 2.25. The number of aromatic nitrogens is 2. The van der Waals surface area contributed by atoms with E-state index >= 15 is 0 Å². The standard InChI is InChI=1S/C18H26N4O2/c1-4-21(3)12-18-16-11-15(5-6-17(16)19-20-18)24-14-7-9-22(10-8-14)13(2)23/h5-6,11,14H,4,7-10,12H2,1-3H3,(H,19,20). The molecule has 3 rings (SSSR count). The monoisotopic (exact) mass is 330 g/mol. The first-order chi connectivity index (χ1) is 11.6. The predicted molar refractivity (Wildman–Crippen MR) is 94.0 cm³/mol. The van der Waals surface area contributed by atoms with Gasteiger partial charge >= 0.3 is 0 Å². The number of nitrogens with one attached hydrogen (secondary N) is 1. The number of hydrogen-bond acceptors (Lipinski definition) is 4. The normalized spacial score (nSPS) is 16.1. The van der Waals surface area contributed by atoms with Crippen LogP contribution in [0.1, 0.15) is 32.4 Å². The van der Waals surface area contributed by atoms with Crippen LogP contribution in [0.25, 0.3) is 10.9 Å². The van der Waals surface area contributed by atoms with Gasteiger partial charge in [0.05, 0.1) is 11.2 Å². The number of fused-ring (bicyclic) bond motifs is 1. The van der Waals surface area contributed by atoms with E-state index < -0.39 is 0 Å². The van der Waals surface area contributed by atoms with Crippen molar-refractivity contribution in [3.05, 3.63) is 23.9 Å². The van der Waals surface area contributed by atoms with Crippen LogP contribution in [-0.4, -0.2) is 58.7 Å². The average molecular weight is 330 g/mol. The molecule has 0 bridgehead atoms. The molecular formula is C18H26N4O2. The molecule has 6 heteroatoms. The minimum atomic E-state index is 0.151. The number of aromatic amines is 1. The Bertz CT molecular complexity index is 704. The third-order valence-electron chi connectivity index (χ3n) is 4.76. The molecular weight excluding hydrogens is 304 g/mol. The summed E-state index contributed by atoms with van der Waals surface area (Å²) in [5, 5.41) is 8.63. The predicted octanol–water partition coefficient (Wildman–Crippen LogP) is 2.40. The maximum Gasteiger partial charge on any atom is 0.219 e. The maximum atomic E-state index is 11.4. The van der Waals surface area contributed by atoms with E-state index in [0.29, 0.717) is 0 Å². The van der Waals surface area contributed by atoms with Crippen LogP contribution in [0.15, 0.2) is 18.2 Å². The average Bonchev–Trinajstić information content (AvgIpc) is 2.97. The second kappa shape index (κ2) is 7.21. The Morgan fingerprint density at radius 2 is 2.17 bits per heavy atom. The van der Waals surface area contributed by atoms with Gasteiger partial charge in [0.1, 0.15) is 11.9 Å². The molecule has 0 unspecified atom stereocenters. The van der Waals surface area contributed by atoms with E-state index in [1.165, 1.54) is 0 Å². The van der Waals surface area contributed by atoms with Crippen molar-refractivity contribution in [2.75, 3.05) is 26.7 Å². The van der Waals surface area contributed by atoms with Gasteiger partial charge in [0.2, 0.25) is 5.91 Å². The highest BCUT2D eigenvalue weighted by atomic mass is 16.5. The van der Waals surface area contributed by atoms with Crippen molar-refractivity contribution in [3.63, 3.8) is 0 Å². The first kappa shape index (κ1) is 16.8. The number of H-pyrrole nitrogens is 1. The Morgan fingerprint density at radius 3 is 2.83 bits per heavy atom. The Hall–Kier alpha value is -2.08. The molecule has 0 aliphatic carbocycles. The molecule has 1 amide bonds. The van der Waals surface area contributed by atoms with Crippen molar-refractivity contribution in [2.45, 2.75) is 39.3 Å². The number of rotatable bonds is 5. The van der Waals surface area contributed by atoms with Crippen molar-refractivity contribution in [2.24, 2.45) is 0 Å². The molecule has 1 aliphatic rings. The minimum Gasteiger partial charge on any atom is -0.490 e. The number of carbonyl (C=O) groups is 1. The summed E-state index contributed by atoms with van der Waals surface area (Å²) in [5.41, 5.74) is 2.08. The molecule has 0 atom stereocenters. The summed E-state index contributed by atoms with van der Waals surface area (Å²) in [7, 11) is 2.09. The lowest BCUT2D eigenvalue weighted by Gasteiger charge is -2.31. The Morgan fingerprint density at radius 1 is 1.42 bits per heavy atom. The topological polar surface area (TPSA) is 61.5 Å². The van der Waals surface area contributed by atoms with E-state index in [0.717, 1.165) is 61.4 Å². The zero-order chi connectivity index (χ0) is 17.1. The van der Waals surface area contributed by atoms with Gasteiger partial charge in [-0.15, -0.1) is 0 Å². The van der Waals surface area contributed by atoms with Gasteiger partial charge in [0, 0.05) is 44.8 Å². The lowest BCUT2D eigenvalue weighted by atomic mass is 10.1. The Labute approximate surface area is 142 Å².